The first-order valence-electron chi connectivity index (χ1n) is 6.87. The summed E-state index contributed by atoms with van der Waals surface area (Å²) in [6, 6.07) is 1.72. The van der Waals surface area contributed by atoms with E-state index in [0.717, 1.165) is 31.4 Å². The van der Waals surface area contributed by atoms with Crippen molar-refractivity contribution in [1.82, 2.24) is 0 Å². The Hall–Kier alpha value is -1.65. The zero-order chi connectivity index (χ0) is 14.9. The van der Waals surface area contributed by atoms with Gasteiger partial charge in [0.1, 0.15) is 17.3 Å². The van der Waals surface area contributed by atoms with Crippen LogP contribution in [0.1, 0.15) is 43.5 Å². The van der Waals surface area contributed by atoms with Crippen LogP contribution in [0.3, 0.4) is 0 Å². The molecule has 1 saturated carbocycles. The van der Waals surface area contributed by atoms with E-state index < -0.39 is 17.6 Å². The van der Waals surface area contributed by atoms with E-state index in [4.69, 9.17) is 5.11 Å². The van der Waals surface area contributed by atoms with Crippen molar-refractivity contribution in [3.05, 3.63) is 29.3 Å². The lowest BCUT2D eigenvalue weighted by Gasteiger charge is -2.34. The minimum atomic E-state index is -1.34. The average molecular weight is 283 g/mol. The van der Waals surface area contributed by atoms with Crippen molar-refractivity contribution < 1.29 is 18.7 Å². The molecule has 0 saturated heterocycles. The maximum absolute atomic E-state index is 13.9. The van der Waals surface area contributed by atoms with Gasteiger partial charge >= 0.3 is 5.97 Å². The molecule has 0 spiro atoms. The molecule has 1 aromatic rings. The molecule has 3 unspecified atom stereocenters. The number of benzene rings is 1. The number of rotatable bonds is 3. The summed E-state index contributed by atoms with van der Waals surface area (Å²) in [7, 11) is 0. The van der Waals surface area contributed by atoms with Gasteiger partial charge in [0.05, 0.1) is 5.56 Å². The standard InChI is InChI=1S/C15H19F2NO2/c1-8-3-4-13(9(2)5-8)18-14-11(16)6-10(15(19)20)7-12(14)17/h6-9,13,18H,3-5H2,1-2H3,(H,19,20). The van der Waals surface area contributed by atoms with Crippen LogP contribution in [-0.4, -0.2) is 17.1 Å². The van der Waals surface area contributed by atoms with Gasteiger partial charge in [-0.3, -0.25) is 0 Å². The van der Waals surface area contributed by atoms with Crippen molar-refractivity contribution in [3.8, 4) is 0 Å². The van der Waals surface area contributed by atoms with Crippen LogP contribution in [0.15, 0.2) is 12.1 Å². The topological polar surface area (TPSA) is 49.3 Å². The summed E-state index contributed by atoms with van der Waals surface area (Å²) in [5.74, 6) is -2.08. The molecule has 1 aliphatic rings. The highest BCUT2D eigenvalue weighted by Crippen LogP contribution is 2.32. The molecule has 0 aliphatic heterocycles. The Balaban J connectivity index is 2.19. The summed E-state index contributed by atoms with van der Waals surface area (Å²) in [6.45, 7) is 4.24. The molecule has 2 N–H and O–H groups in total. The second kappa shape index (κ2) is 5.77. The van der Waals surface area contributed by atoms with Crippen molar-refractivity contribution in [1.29, 1.82) is 0 Å². The molecular weight excluding hydrogens is 264 g/mol. The molecule has 0 aromatic heterocycles. The Bertz CT molecular complexity index is 496. The van der Waals surface area contributed by atoms with E-state index in [-0.39, 0.29) is 17.3 Å². The van der Waals surface area contributed by atoms with Gasteiger partial charge < -0.3 is 10.4 Å². The molecule has 3 atom stereocenters. The fourth-order valence-corrected chi connectivity index (χ4v) is 2.90. The lowest BCUT2D eigenvalue weighted by atomic mass is 9.80. The maximum Gasteiger partial charge on any atom is 0.335 e. The first-order valence-corrected chi connectivity index (χ1v) is 6.87. The highest BCUT2D eigenvalue weighted by Gasteiger charge is 2.27. The van der Waals surface area contributed by atoms with E-state index in [2.05, 4.69) is 19.2 Å². The first-order chi connectivity index (χ1) is 9.38. The lowest BCUT2D eigenvalue weighted by Crippen LogP contribution is -2.33. The van der Waals surface area contributed by atoms with Crippen molar-refractivity contribution in [3.63, 3.8) is 0 Å². The third kappa shape index (κ3) is 3.08. The second-order valence-electron chi connectivity index (χ2n) is 5.77. The van der Waals surface area contributed by atoms with Gasteiger partial charge in [-0.1, -0.05) is 13.8 Å². The second-order valence-corrected chi connectivity index (χ2v) is 5.77. The minimum Gasteiger partial charge on any atom is -0.478 e. The minimum absolute atomic E-state index is 0.0193. The fourth-order valence-electron chi connectivity index (χ4n) is 2.90. The maximum atomic E-state index is 13.9. The van der Waals surface area contributed by atoms with Crippen molar-refractivity contribution >= 4 is 11.7 Å². The van der Waals surface area contributed by atoms with E-state index >= 15 is 0 Å². The number of anilines is 1. The van der Waals surface area contributed by atoms with E-state index in [1.165, 1.54) is 0 Å². The Labute approximate surface area is 117 Å². The van der Waals surface area contributed by atoms with Gasteiger partial charge in [-0.2, -0.15) is 0 Å². The van der Waals surface area contributed by atoms with Crippen LogP contribution in [0.4, 0.5) is 14.5 Å². The summed E-state index contributed by atoms with van der Waals surface area (Å²) in [4.78, 5) is 10.7. The van der Waals surface area contributed by atoms with Gasteiger partial charge in [0.2, 0.25) is 0 Å². The van der Waals surface area contributed by atoms with Gasteiger partial charge in [-0.05, 0) is 43.2 Å². The largest absolute Gasteiger partial charge is 0.478 e. The number of carbonyl (C=O) groups is 1. The van der Waals surface area contributed by atoms with Crippen molar-refractivity contribution in [2.24, 2.45) is 11.8 Å². The van der Waals surface area contributed by atoms with Crippen LogP contribution in [-0.2, 0) is 0 Å². The third-order valence-corrected chi connectivity index (χ3v) is 4.05. The number of carboxylic acid groups (broad SMARTS) is 1. The molecule has 110 valence electrons. The van der Waals surface area contributed by atoms with Crippen LogP contribution in [0.5, 0.6) is 0 Å². The van der Waals surface area contributed by atoms with E-state index in [0.29, 0.717) is 11.8 Å². The Kier molecular flexibility index (Phi) is 4.26. The molecule has 2 rings (SSSR count). The molecule has 3 nitrogen and oxygen atoms in total. The van der Waals surface area contributed by atoms with Gasteiger partial charge in [-0.25, -0.2) is 13.6 Å². The third-order valence-electron chi connectivity index (χ3n) is 4.05. The van der Waals surface area contributed by atoms with E-state index in [1.54, 1.807) is 0 Å². The Morgan fingerprint density at radius 2 is 1.85 bits per heavy atom. The summed E-state index contributed by atoms with van der Waals surface area (Å²) in [5.41, 5.74) is -0.600. The Morgan fingerprint density at radius 1 is 1.25 bits per heavy atom. The number of hydrogen-bond donors (Lipinski definition) is 2. The zero-order valence-electron chi connectivity index (χ0n) is 11.6. The number of nitrogens with one attached hydrogen (secondary N) is 1. The van der Waals surface area contributed by atoms with Crippen LogP contribution in [0, 0.1) is 23.5 Å². The molecule has 0 amide bonds. The lowest BCUT2D eigenvalue weighted by molar-refractivity contribution is 0.0696. The average Bonchev–Trinajstić information content (AvgIpc) is 2.35. The summed E-state index contributed by atoms with van der Waals surface area (Å²) in [6.07, 6.45) is 2.91. The normalized spacial score (nSPS) is 26.3. The summed E-state index contributed by atoms with van der Waals surface area (Å²) >= 11 is 0. The SMILES string of the molecule is CC1CCC(Nc2c(F)cc(C(=O)O)cc2F)C(C)C1. The molecule has 1 aromatic carbocycles. The van der Waals surface area contributed by atoms with E-state index in [1.807, 2.05) is 0 Å². The molecule has 1 fully saturated rings. The number of hydrogen-bond acceptors (Lipinski definition) is 2. The zero-order valence-corrected chi connectivity index (χ0v) is 11.6. The molecule has 1 aliphatic carbocycles. The molecular formula is C15H19F2NO2. The highest BCUT2D eigenvalue weighted by atomic mass is 19.1. The highest BCUT2D eigenvalue weighted by molar-refractivity contribution is 5.88. The molecule has 20 heavy (non-hydrogen) atoms. The fraction of sp³-hybridized carbons (Fsp3) is 0.533. The monoisotopic (exact) mass is 283 g/mol. The van der Waals surface area contributed by atoms with Gasteiger partial charge in [0, 0.05) is 6.04 Å². The predicted octanol–water partition coefficient (Wildman–Crippen LogP) is 3.90. The molecule has 5 heteroatoms. The van der Waals surface area contributed by atoms with Crippen LogP contribution >= 0.6 is 0 Å². The Morgan fingerprint density at radius 3 is 2.35 bits per heavy atom. The smallest absolute Gasteiger partial charge is 0.335 e. The van der Waals surface area contributed by atoms with Gasteiger partial charge in [0.25, 0.3) is 0 Å². The van der Waals surface area contributed by atoms with Crippen molar-refractivity contribution in [2.75, 3.05) is 5.32 Å². The molecule has 0 radical (unpaired) electrons. The quantitative estimate of drug-likeness (QED) is 0.884. The molecule has 0 heterocycles. The van der Waals surface area contributed by atoms with Crippen LogP contribution in [0.2, 0.25) is 0 Å². The van der Waals surface area contributed by atoms with Crippen LogP contribution < -0.4 is 5.32 Å². The summed E-state index contributed by atoms with van der Waals surface area (Å²) < 4.78 is 27.7. The predicted molar refractivity (Wildman–Crippen MR) is 72.9 cm³/mol. The van der Waals surface area contributed by atoms with Crippen LogP contribution in [0.25, 0.3) is 0 Å². The number of carboxylic acids is 1. The van der Waals surface area contributed by atoms with E-state index in [9.17, 15) is 13.6 Å². The van der Waals surface area contributed by atoms with Crippen molar-refractivity contribution in [2.45, 2.75) is 39.2 Å². The molecule has 0 bridgehead atoms. The van der Waals surface area contributed by atoms with Gasteiger partial charge in [0.15, 0.2) is 0 Å². The first kappa shape index (κ1) is 14.8. The number of halogens is 2. The summed E-state index contributed by atoms with van der Waals surface area (Å²) in [5, 5.41) is 11.7. The number of aromatic carboxylic acids is 1. The van der Waals surface area contributed by atoms with Gasteiger partial charge in [-0.15, -0.1) is 0 Å².